The van der Waals surface area contributed by atoms with Gasteiger partial charge in [-0.3, -0.25) is 0 Å². The second-order valence-electron chi connectivity index (χ2n) is 3.79. The van der Waals surface area contributed by atoms with E-state index in [1.54, 1.807) is 12.4 Å². The molecule has 1 aromatic carbocycles. The molecule has 2 aromatic heterocycles. The molecule has 0 saturated heterocycles. The van der Waals surface area contributed by atoms with Crippen LogP contribution in [0.4, 0.5) is 0 Å². The standard InChI is InChI=1S/C13H10ClN3/c14-11-4-1-3-10-5-8-17(13(10)11)9-12-15-6-2-7-16-12/h1-8H,9H2. The summed E-state index contributed by atoms with van der Waals surface area (Å²) in [5.74, 6) is 0.782. The van der Waals surface area contributed by atoms with Crippen molar-refractivity contribution in [1.82, 2.24) is 14.5 Å². The molecule has 3 nitrogen and oxygen atoms in total. The van der Waals surface area contributed by atoms with Crippen LogP contribution in [0.3, 0.4) is 0 Å². The summed E-state index contributed by atoms with van der Waals surface area (Å²) in [6.07, 6.45) is 5.50. The quantitative estimate of drug-likeness (QED) is 0.692. The minimum absolute atomic E-state index is 0.633. The molecule has 17 heavy (non-hydrogen) atoms. The SMILES string of the molecule is Clc1cccc2ccn(Cc3ncccn3)c12. The fraction of sp³-hybridized carbons (Fsp3) is 0.0769. The largest absolute Gasteiger partial charge is 0.339 e. The predicted molar refractivity (Wildman–Crippen MR) is 68.1 cm³/mol. The van der Waals surface area contributed by atoms with Crippen molar-refractivity contribution in [3.05, 3.63) is 59.8 Å². The molecule has 0 fully saturated rings. The van der Waals surface area contributed by atoms with Gasteiger partial charge in [-0.1, -0.05) is 23.7 Å². The Kier molecular flexibility index (Phi) is 2.53. The Balaban J connectivity index is 2.07. The van der Waals surface area contributed by atoms with Crippen molar-refractivity contribution in [2.75, 3.05) is 0 Å². The molecule has 0 bridgehead atoms. The van der Waals surface area contributed by atoms with Crippen molar-refractivity contribution >= 4 is 22.5 Å². The van der Waals surface area contributed by atoms with Crippen LogP contribution in [0.2, 0.25) is 5.02 Å². The van der Waals surface area contributed by atoms with Crippen LogP contribution in [0.25, 0.3) is 10.9 Å². The molecule has 0 aliphatic heterocycles. The van der Waals surface area contributed by atoms with Gasteiger partial charge in [-0.05, 0) is 18.2 Å². The number of fused-ring (bicyclic) bond motifs is 1. The van der Waals surface area contributed by atoms with Crippen molar-refractivity contribution < 1.29 is 0 Å². The molecule has 0 aliphatic rings. The highest BCUT2D eigenvalue weighted by Gasteiger charge is 2.06. The van der Waals surface area contributed by atoms with Crippen molar-refractivity contribution in [3.8, 4) is 0 Å². The summed E-state index contributed by atoms with van der Waals surface area (Å²) in [7, 11) is 0. The maximum absolute atomic E-state index is 6.21. The molecule has 4 heteroatoms. The number of hydrogen-bond donors (Lipinski definition) is 0. The van der Waals surface area contributed by atoms with Crippen LogP contribution in [0.1, 0.15) is 5.82 Å². The molecule has 0 aliphatic carbocycles. The van der Waals surface area contributed by atoms with E-state index in [9.17, 15) is 0 Å². The van der Waals surface area contributed by atoms with Crippen molar-refractivity contribution in [3.63, 3.8) is 0 Å². The van der Waals surface area contributed by atoms with Gasteiger partial charge in [0.25, 0.3) is 0 Å². The summed E-state index contributed by atoms with van der Waals surface area (Å²) < 4.78 is 2.06. The van der Waals surface area contributed by atoms with Gasteiger partial charge in [0.1, 0.15) is 5.82 Å². The molecular weight excluding hydrogens is 234 g/mol. The van der Waals surface area contributed by atoms with Gasteiger partial charge >= 0.3 is 0 Å². The predicted octanol–water partition coefficient (Wildman–Crippen LogP) is 3.13. The van der Waals surface area contributed by atoms with E-state index < -0.39 is 0 Å². The Morgan fingerprint density at radius 3 is 2.71 bits per heavy atom. The summed E-state index contributed by atoms with van der Waals surface area (Å²) in [5, 5.41) is 1.89. The lowest BCUT2D eigenvalue weighted by molar-refractivity contribution is 0.771. The number of nitrogens with zero attached hydrogens (tertiary/aromatic N) is 3. The number of hydrogen-bond acceptors (Lipinski definition) is 2. The lowest BCUT2D eigenvalue weighted by atomic mass is 10.2. The second kappa shape index (κ2) is 4.18. The van der Waals surface area contributed by atoms with Gasteiger partial charge in [0, 0.05) is 24.0 Å². The van der Waals surface area contributed by atoms with Crippen LogP contribution in [-0.4, -0.2) is 14.5 Å². The zero-order valence-electron chi connectivity index (χ0n) is 9.05. The minimum Gasteiger partial charge on any atom is -0.339 e. The van der Waals surface area contributed by atoms with E-state index in [0.29, 0.717) is 6.54 Å². The maximum Gasteiger partial charge on any atom is 0.147 e. The average molecular weight is 244 g/mol. The average Bonchev–Trinajstić information content (AvgIpc) is 2.75. The van der Waals surface area contributed by atoms with E-state index in [1.807, 2.05) is 36.5 Å². The van der Waals surface area contributed by atoms with Crippen LogP contribution in [0.5, 0.6) is 0 Å². The molecule has 0 amide bonds. The van der Waals surface area contributed by atoms with Crippen LogP contribution < -0.4 is 0 Å². The Morgan fingerprint density at radius 2 is 1.88 bits per heavy atom. The molecule has 0 atom stereocenters. The first-order chi connectivity index (χ1) is 8.34. The molecule has 3 rings (SSSR count). The van der Waals surface area contributed by atoms with E-state index in [-0.39, 0.29) is 0 Å². The van der Waals surface area contributed by atoms with E-state index in [4.69, 9.17) is 11.6 Å². The summed E-state index contributed by atoms with van der Waals surface area (Å²) in [5.41, 5.74) is 1.03. The van der Waals surface area contributed by atoms with Crippen LogP contribution >= 0.6 is 11.6 Å². The van der Waals surface area contributed by atoms with E-state index in [0.717, 1.165) is 21.7 Å². The van der Waals surface area contributed by atoms with Gasteiger partial charge in [-0.15, -0.1) is 0 Å². The number of rotatable bonds is 2. The molecule has 3 aromatic rings. The highest BCUT2D eigenvalue weighted by atomic mass is 35.5. The van der Waals surface area contributed by atoms with Gasteiger partial charge < -0.3 is 4.57 Å². The van der Waals surface area contributed by atoms with Gasteiger partial charge in [-0.25, -0.2) is 9.97 Å². The van der Waals surface area contributed by atoms with Crippen LogP contribution in [-0.2, 0) is 6.54 Å². The monoisotopic (exact) mass is 243 g/mol. The zero-order valence-corrected chi connectivity index (χ0v) is 9.80. The fourth-order valence-electron chi connectivity index (χ4n) is 1.91. The van der Waals surface area contributed by atoms with Gasteiger partial charge in [0.05, 0.1) is 17.1 Å². The highest BCUT2D eigenvalue weighted by Crippen LogP contribution is 2.24. The molecule has 84 valence electrons. The lowest BCUT2D eigenvalue weighted by Gasteiger charge is -2.05. The Labute approximate surface area is 104 Å². The summed E-state index contributed by atoms with van der Waals surface area (Å²) in [6, 6.07) is 9.75. The number of benzene rings is 1. The Hall–Kier alpha value is -1.87. The van der Waals surface area contributed by atoms with Crippen molar-refractivity contribution in [1.29, 1.82) is 0 Å². The second-order valence-corrected chi connectivity index (χ2v) is 4.19. The number of para-hydroxylation sites is 1. The smallest absolute Gasteiger partial charge is 0.147 e. The molecule has 0 spiro atoms. The summed E-state index contributed by atoms with van der Waals surface area (Å²) in [6.45, 7) is 0.633. The molecule has 2 heterocycles. The number of aromatic nitrogens is 3. The maximum atomic E-state index is 6.21. The Bertz CT molecular complexity index is 646. The van der Waals surface area contributed by atoms with Crippen molar-refractivity contribution in [2.45, 2.75) is 6.54 Å². The Morgan fingerprint density at radius 1 is 1.06 bits per heavy atom. The normalized spacial score (nSPS) is 10.9. The van der Waals surface area contributed by atoms with Crippen LogP contribution in [0.15, 0.2) is 48.9 Å². The summed E-state index contributed by atoms with van der Waals surface area (Å²) in [4.78, 5) is 8.43. The first-order valence-corrected chi connectivity index (χ1v) is 5.71. The van der Waals surface area contributed by atoms with E-state index >= 15 is 0 Å². The van der Waals surface area contributed by atoms with Gasteiger partial charge in [0.15, 0.2) is 0 Å². The first kappa shape index (κ1) is 10.3. The van der Waals surface area contributed by atoms with E-state index in [2.05, 4.69) is 14.5 Å². The van der Waals surface area contributed by atoms with E-state index in [1.165, 1.54) is 0 Å². The fourth-order valence-corrected chi connectivity index (χ4v) is 2.20. The van der Waals surface area contributed by atoms with Crippen molar-refractivity contribution in [2.24, 2.45) is 0 Å². The third-order valence-electron chi connectivity index (χ3n) is 2.67. The number of halogens is 1. The van der Waals surface area contributed by atoms with Gasteiger partial charge in [-0.2, -0.15) is 0 Å². The molecule has 0 radical (unpaired) electrons. The topological polar surface area (TPSA) is 30.7 Å². The minimum atomic E-state index is 0.633. The highest BCUT2D eigenvalue weighted by molar-refractivity contribution is 6.35. The first-order valence-electron chi connectivity index (χ1n) is 5.34. The van der Waals surface area contributed by atoms with Gasteiger partial charge in [0.2, 0.25) is 0 Å². The van der Waals surface area contributed by atoms with Crippen LogP contribution in [0, 0.1) is 0 Å². The third-order valence-corrected chi connectivity index (χ3v) is 2.98. The molecule has 0 unspecified atom stereocenters. The molecular formula is C13H10ClN3. The zero-order chi connectivity index (χ0) is 11.7. The summed E-state index contributed by atoms with van der Waals surface area (Å²) >= 11 is 6.21. The molecule has 0 saturated carbocycles. The lowest BCUT2D eigenvalue weighted by Crippen LogP contribution is -2.02. The third kappa shape index (κ3) is 1.89. The molecule has 0 N–H and O–H groups in total.